The molecule has 0 rings (SSSR count). The van der Waals surface area contributed by atoms with Crippen LogP contribution in [0.3, 0.4) is 0 Å². The largest absolute Gasteiger partial charge is 0.475 e. The van der Waals surface area contributed by atoms with Gasteiger partial charge in [0.05, 0.1) is 0 Å². The zero-order chi connectivity index (χ0) is 8.15. The summed E-state index contributed by atoms with van der Waals surface area (Å²) in [4.78, 5) is 34.2. The normalized spacial score (nSPS) is 8.00. The summed E-state index contributed by atoms with van der Waals surface area (Å²) in [6.45, 7) is 0. The molecule has 0 saturated heterocycles. The minimum Gasteiger partial charge on any atom is -0.236 e. The van der Waals surface area contributed by atoms with E-state index >= 15 is 0 Å². The van der Waals surface area contributed by atoms with Gasteiger partial charge in [0.2, 0.25) is 0 Å². The third kappa shape index (κ3) is 4.23. The average molecular weight is 152 g/mol. The van der Waals surface area contributed by atoms with Gasteiger partial charge in [0.1, 0.15) is 0 Å². The van der Waals surface area contributed by atoms with Crippen LogP contribution in [-0.2, 0) is 9.68 Å². The summed E-state index contributed by atoms with van der Waals surface area (Å²) in [5, 5.41) is 15.5. The van der Waals surface area contributed by atoms with Crippen molar-refractivity contribution < 1.29 is 24.6 Å². The van der Waals surface area contributed by atoms with Crippen molar-refractivity contribution >= 4 is 6.16 Å². The monoisotopic (exact) mass is 152 g/mol. The minimum absolute atomic E-state index is 1.52. The van der Waals surface area contributed by atoms with Crippen LogP contribution in [-0.4, -0.2) is 16.3 Å². The van der Waals surface area contributed by atoms with E-state index in [2.05, 4.69) is 9.68 Å². The Morgan fingerprint density at radius 3 is 1.60 bits per heavy atom. The molecule has 0 unspecified atom stereocenters. The smallest absolute Gasteiger partial charge is 0.236 e. The molecule has 0 heterocycles. The van der Waals surface area contributed by atoms with Crippen molar-refractivity contribution in [2.45, 2.75) is 0 Å². The zero-order valence-corrected chi connectivity index (χ0v) is 4.25. The topological polar surface area (TPSA) is 122 Å². The maximum atomic E-state index is 9.74. The van der Waals surface area contributed by atoms with Gasteiger partial charge in [-0.25, -0.2) is 14.5 Å². The van der Waals surface area contributed by atoms with Gasteiger partial charge in [0, 0.05) is 0 Å². The van der Waals surface area contributed by atoms with E-state index in [0.717, 1.165) is 0 Å². The van der Waals surface area contributed by atoms with Crippen molar-refractivity contribution in [1.82, 2.24) is 0 Å². The highest BCUT2D eigenvalue weighted by molar-refractivity contribution is 5.57. The van der Waals surface area contributed by atoms with E-state index in [1.807, 2.05) is 0 Å². The van der Waals surface area contributed by atoms with Crippen molar-refractivity contribution in [3.63, 3.8) is 0 Å². The lowest BCUT2D eigenvalue weighted by molar-refractivity contribution is -0.774. The minimum atomic E-state index is -1.99. The van der Waals surface area contributed by atoms with Crippen molar-refractivity contribution in [3.8, 4) is 0 Å². The van der Waals surface area contributed by atoms with E-state index in [1.54, 1.807) is 0 Å². The van der Waals surface area contributed by atoms with Gasteiger partial charge in [0.25, 0.3) is 0 Å². The summed E-state index contributed by atoms with van der Waals surface area (Å²) in [5.74, 6) is 0. The molecule has 0 amide bonds. The molecule has 9 heteroatoms. The maximum absolute atomic E-state index is 9.74. The van der Waals surface area contributed by atoms with E-state index in [9.17, 15) is 25.0 Å². The Balaban J connectivity index is 3.65. The van der Waals surface area contributed by atoms with Gasteiger partial charge in [-0.2, -0.15) is 0 Å². The lowest BCUT2D eigenvalue weighted by atomic mass is 11.4. The van der Waals surface area contributed by atoms with Crippen LogP contribution in [0, 0.1) is 20.2 Å². The molecule has 0 aliphatic rings. The van der Waals surface area contributed by atoms with E-state index in [4.69, 9.17) is 0 Å². The van der Waals surface area contributed by atoms with Crippen molar-refractivity contribution in [3.05, 3.63) is 20.2 Å². The lowest BCUT2D eigenvalue weighted by Gasteiger charge is -1.90. The quantitative estimate of drug-likeness (QED) is 0.386. The Labute approximate surface area is 52.3 Å². The molecule has 0 aromatic heterocycles. The number of nitrogens with zero attached hydrogens (tertiary/aromatic N) is 2. The fraction of sp³-hybridized carbons (Fsp3) is 0. The van der Waals surface area contributed by atoms with Gasteiger partial charge < -0.3 is 0 Å². The molecule has 10 heavy (non-hydrogen) atoms. The van der Waals surface area contributed by atoms with Gasteiger partial charge >= 0.3 is 16.3 Å². The third-order valence-electron chi connectivity index (χ3n) is 0.298. The Morgan fingerprint density at radius 1 is 1.10 bits per heavy atom. The number of hydrogen-bond acceptors (Lipinski definition) is 7. The lowest BCUT2D eigenvalue weighted by Crippen LogP contribution is -2.15. The Hall–Kier alpha value is -1.93. The van der Waals surface area contributed by atoms with Crippen molar-refractivity contribution in [2.75, 3.05) is 0 Å². The summed E-state index contributed by atoms with van der Waals surface area (Å²) in [7, 11) is 0. The van der Waals surface area contributed by atoms with Crippen molar-refractivity contribution in [1.29, 1.82) is 0 Å². The number of carbonyl (C=O) groups is 1. The predicted octanol–water partition coefficient (Wildman–Crippen LogP) is -0.477. The fourth-order valence-corrected chi connectivity index (χ4v) is 0.138. The zero-order valence-electron chi connectivity index (χ0n) is 4.25. The van der Waals surface area contributed by atoms with Crippen LogP contribution in [0.4, 0.5) is 4.79 Å². The molecule has 0 aliphatic heterocycles. The van der Waals surface area contributed by atoms with Gasteiger partial charge in [0.15, 0.2) is 0 Å². The molecule has 0 saturated carbocycles. The molecule has 9 nitrogen and oxygen atoms in total. The SMILES string of the molecule is O=C(O[N+](=O)[O-])O[N+](=O)[O-]. The molecule has 0 N–H and O–H groups in total. The van der Waals surface area contributed by atoms with Crippen LogP contribution >= 0.6 is 0 Å². The molecule has 0 bridgehead atoms. The molecule has 0 aromatic carbocycles. The van der Waals surface area contributed by atoms with Crippen LogP contribution < -0.4 is 0 Å². The Bertz CT molecular complexity index is 154. The molecule has 0 aromatic rings. The van der Waals surface area contributed by atoms with Crippen LogP contribution in [0.5, 0.6) is 0 Å². The molecule has 0 spiro atoms. The first-order valence-electron chi connectivity index (χ1n) is 1.71. The first-order valence-corrected chi connectivity index (χ1v) is 1.71. The van der Waals surface area contributed by atoms with E-state index < -0.39 is 16.3 Å². The first kappa shape index (κ1) is 8.07. The summed E-state index contributed by atoms with van der Waals surface area (Å²) >= 11 is 0. The van der Waals surface area contributed by atoms with Gasteiger partial charge in [-0.3, -0.25) is 0 Å². The van der Waals surface area contributed by atoms with E-state index in [0.29, 0.717) is 0 Å². The molecule has 0 fully saturated rings. The molecule has 0 aliphatic carbocycles. The second-order valence-corrected chi connectivity index (χ2v) is 0.880. The Kier molecular flexibility index (Phi) is 2.56. The molecular formula is CN2O7. The summed E-state index contributed by atoms with van der Waals surface area (Å²) in [5.41, 5.74) is 0. The molecule has 0 radical (unpaired) electrons. The van der Waals surface area contributed by atoms with E-state index in [-0.39, 0.29) is 0 Å². The highest BCUT2D eigenvalue weighted by Crippen LogP contribution is 1.84. The van der Waals surface area contributed by atoms with Crippen LogP contribution in [0.15, 0.2) is 0 Å². The molecular weight excluding hydrogens is 152 g/mol. The second kappa shape index (κ2) is 3.17. The number of carbonyl (C=O) groups excluding carboxylic acids is 1. The highest BCUT2D eigenvalue weighted by atomic mass is 17.1. The number of hydrogen-bond donors (Lipinski definition) is 0. The predicted molar refractivity (Wildman–Crippen MR) is 21.6 cm³/mol. The maximum Gasteiger partial charge on any atom is 0.475 e. The van der Waals surface area contributed by atoms with Crippen LogP contribution in [0.25, 0.3) is 0 Å². The van der Waals surface area contributed by atoms with Crippen molar-refractivity contribution in [2.24, 2.45) is 0 Å². The van der Waals surface area contributed by atoms with Crippen LogP contribution in [0.1, 0.15) is 0 Å². The molecule has 0 atom stereocenters. The molecule has 56 valence electrons. The Morgan fingerprint density at radius 2 is 1.40 bits per heavy atom. The summed E-state index contributed by atoms with van der Waals surface area (Å²) in [6.07, 6.45) is -1.99. The van der Waals surface area contributed by atoms with Crippen LogP contribution in [0.2, 0.25) is 0 Å². The van der Waals surface area contributed by atoms with E-state index in [1.165, 1.54) is 0 Å². The highest BCUT2D eigenvalue weighted by Gasteiger charge is 2.11. The van der Waals surface area contributed by atoms with Gasteiger partial charge in [-0.1, -0.05) is 0 Å². The number of rotatable bonds is 2. The standard InChI is InChI=1S/CN2O7/c4-1(9-2(5)6)10-3(7)8. The first-order chi connectivity index (χ1) is 4.52. The fourth-order valence-electron chi connectivity index (χ4n) is 0.138. The van der Waals surface area contributed by atoms with Gasteiger partial charge in [-0.15, -0.1) is 20.2 Å². The van der Waals surface area contributed by atoms with Gasteiger partial charge in [-0.05, 0) is 0 Å². The second-order valence-electron chi connectivity index (χ2n) is 0.880. The summed E-state index contributed by atoms with van der Waals surface area (Å²) in [6, 6.07) is 0. The average Bonchev–Trinajstić information content (AvgIpc) is 1.58. The third-order valence-corrected chi connectivity index (χ3v) is 0.298. The summed E-state index contributed by atoms with van der Waals surface area (Å²) < 4.78 is 0.